The summed E-state index contributed by atoms with van der Waals surface area (Å²) in [6.45, 7) is 1.93. The van der Waals surface area contributed by atoms with Crippen LogP contribution >= 0.6 is 11.9 Å². The molecule has 0 amide bonds. The van der Waals surface area contributed by atoms with Crippen LogP contribution in [0.3, 0.4) is 0 Å². The van der Waals surface area contributed by atoms with Gasteiger partial charge in [0, 0.05) is 18.3 Å². The zero-order chi connectivity index (χ0) is 10.7. The molecular formula is C11H15FN2S. The van der Waals surface area contributed by atoms with Crippen LogP contribution in [0.4, 0.5) is 4.39 Å². The highest BCUT2D eigenvalue weighted by Crippen LogP contribution is 2.27. The fourth-order valence-electron chi connectivity index (χ4n) is 2.00. The lowest BCUT2D eigenvalue weighted by Gasteiger charge is -2.28. The molecule has 0 bridgehead atoms. The van der Waals surface area contributed by atoms with Crippen molar-refractivity contribution in [2.24, 2.45) is 5.14 Å². The SMILES string of the molecule is NSC1CNCC(c2ccc(F)cc2)C1. The van der Waals surface area contributed by atoms with Crippen molar-refractivity contribution < 1.29 is 4.39 Å². The number of hydrogen-bond donors (Lipinski definition) is 2. The lowest BCUT2D eigenvalue weighted by atomic mass is 9.91. The summed E-state index contributed by atoms with van der Waals surface area (Å²) in [4.78, 5) is 0. The largest absolute Gasteiger partial charge is 0.315 e. The van der Waals surface area contributed by atoms with Gasteiger partial charge in [0.2, 0.25) is 0 Å². The maximum Gasteiger partial charge on any atom is 0.123 e. The van der Waals surface area contributed by atoms with Crippen LogP contribution in [0.2, 0.25) is 0 Å². The Kier molecular flexibility index (Phi) is 3.61. The number of halogens is 1. The standard InChI is InChI=1S/C11H15FN2S/c12-10-3-1-8(2-4-10)9-5-11(15-13)7-14-6-9/h1-4,9,11,14H,5-7,13H2. The van der Waals surface area contributed by atoms with Crippen molar-refractivity contribution >= 4 is 11.9 Å². The Morgan fingerprint density at radius 2 is 2.00 bits per heavy atom. The van der Waals surface area contributed by atoms with Gasteiger partial charge in [0.05, 0.1) is 0 Å². The first-order valence-corrected chi connectivity index (χ1v) is 6.05. The summed E-state index contributed by atoms with van der Waals surface area (Å²) in [5, 5.41) is 9.41. The molecule has 2 rings (SSSR count). The summed E-state index contributed by atoms with van der Waals surface area (Å²) < 4.78 is 12.8. The molecule has 1 aliphatic rings. The van der Waals surface area contributed by atoms with E-state index in [1.54, 1.807) is 0 Å². The van der Waals surface area contributed by atoms with Crippen LogP contribution in [0.15, 0.2) is 24.3 Å². The van der Waals surface area contributed by atoms with E-state index in [0.29, 0.717) is 11.2 Å². The van der Waals surface area contributed by atoms with E-state index in [2.05, 4.69) is 5.32 Å². The monoisotopic (exact) mass is 226 g/mol. The first kappa shape index (κ1) is 10.9. The normalized spacial score (nSPS) is 26.5. The van der Waals surface area contributed by atoms with E-state index in [0.717, 1.165) is 19.5 Å². The van der Waals surface area contributed by atoms with Crippen molar-refractivity contribution in [2.75, 3.05) is 13.1 Å². The van der Waals surface area contributed by atoms with E-state index in [4.69, 9.17) is 5.14 Å². The first-order chi connectivity index (χ1) is 7.29. The van der Waals surface area contributed by atoms with Crippen molar-refractivity contribution in [2.45, 2.75) is 17.6 Å². The molecule has 82 valence electrons. The second-order valence-corrected chi connectivity index (χ2v) is 4.84. The van der Waals surface area contributed by atoms with E-state index in [9.17, 15) is 4.39 Å². The van der Waals surface area contributed by atoms with Crippen molar-refractivity contribution in [3.05, 3.63) is 35.6 Å². The third-order valence-corrected chi connectivity index (χ3v) is 3.59. The van der Waals surface area contributed by atoms with Gasteiger partial charge >= 0.3 is 0 Å². The molecule has 0 spiro atoms. The smallest absolute Gasteiger partial charge is 0.123 e. The summed E-state index contributed by atoms with van der Waals surface area (Å²) in [7, 11) is 0. The average molecular weight is 226 g/mol. The molecule has 1 fully saturated rings. The topological polar surface area (TPSA) is 38.0 Å². The Labute approximate surface area is 93.6 Å². The maximum atomic E-state index is 12.8. The van der Waals surface area contributed by atoms with Gasteiger partial charge in [0.25, 0.3) is 0 Å². The van der Waals surface area contributed by atoms with Crippen molar-refractivity contribution in [1.29, 1.82) is 0 Å². The predicted octanol–water partition coefficient (Wildman–Crippen LogP) is 1.88. The van der Waals surface area contributed by atoms with Crippen LogP contribution in [0.1, 0.15) is 17.9 Å². The number of rotatable bonds is 2. The molecule has 4 heteroatoms. The third-order valence-electron chi connectivity index (χ3n) is 2.84. The van der Waals surface area contributed by atoms with E-state index in [1.165, 1.54) is 29.6 Å². The van der Waals surface area contributed by atoms with Gasteiger partial charge < -0.3 is 5.32 Å². The molecule has 2 atom stereocenters. The number of nitrogens with one attached hydrogen (secondary N) is 1. The third kappa shape index (κ3) is 2.71. The van der Waals surface area contributed by atoms with Gasteiger partial charge in [-0.1, -0.05) is 24.1 Å². The van der Waals surface area contributed by atoms with Crippen LogP contribution in [0, 0.1) is 5.82 Å². The molecule has 2 nitrogen and oxygen atoms in total. The molecule has 0 saturated carbocycles. The first-order valence-electron chi connectivity index (χ1n) is 5.11. The lowest BCUT2D eigenvalue weighted by Crippen LogP contribution is -2.37. The Morgan fingerprint density at radius 3 is 2.67 bits per heavy atom. The Balaban J connectivity index is 2.06. The van der Waals surface area contributed by atoms with Gasteiger partial charge in [-0.25, -0.2) is 4.39 Å². The highest BCUT2D eigenvalue weighted by Gasteiger charge is 2.22. The molecule has 0 radical (unpaired) electrons. The molecule has 0 aliphatic carbocycles. The summed E-state index contributed by atoms with van der Waals surface area (Å²) in [5.41, 5.74) is 1.20. The fraction of sp³-hybridized carbons (Fsp3) is 0.455. The highest BCUT2D eigenvalue weighted by atomic mass is 32.2. The quantitative estimate of drug-likeness (QED) is 0.756. The van der Waals surface area contributed by atoms with E-state index < -0.39 is 0 Å². The number of benzene rings is 1. The van der Waals surface area contributed by atoms with Crippen LogP contribution in [0.25, 0.3) is 0 Å². The number of nitrogens with two attached hydrogens (primary N) is 1. The van der Waals surface area contributed by atoms with Crippen LogP contribution in [-0.4, -0.2) is 18.3 Å². The van der Waals surface area contributed by atoms with Gasteiger partial charge in [-0.3, -0.25) is 5.14 Å². The Hall–Kier alpha value is -0.580. The zero-order valence-corrected chi connectivity index (χ0v) is 9.27. The van der Waals surface area contributed by atoms with Crippen molar-refractivity contribution in [3.63, 3.8) is 0 Å². The Bertz CT molecular complexity index is 315. The lowest BCUT2D eigenvalue weighted by molar-refractivity contribution is 0.471. The molecule has 3 N–H and O–H groups in total. The molecule has 15 heavy (non-hydrogen) atoms. The highest BCUT2D eigenvalue weighted by molar-refractivity contribution is 7.97. The van der Waals surface area contributed by atoms with Gasteiger partial charge in [0.15, 0.2) is 0 Å². The van der Waals surface area contributed by atoms with Crippen LogP contribution in [-0.2, 0) is 0 Å². The fourth-order valence-corrected chi connectivity index (χ4v) is 2.55. The summed E-state index contributed by atoms with van der Waals surface area (Å²) >= 11 is 1.41. The molecule has 1 aromatic rings. The summed E-state index contributed by atoms with van der Waals surface area (Å²) in [6.07, 6.45) is 1.07. The molecule has 1 saturated heterocycles. The van der Waals surface area contributed by atoms with Crippen LogP contribution < -0.4 is 10.5 Å². The zero-order valence-electron chi connectivity index (χ0n) is 8.45. The van der Waals surface area contributed by atoms with Gasteiger partial charge in [0.1, 0.15) is 5.82 Å². The Morgan fingerprint density at radius 1 is 1.27 bits per heavy atom. The van der Waals surface area contributed by atoms with Crippen molar-refractivity contribution in [3.8, 4) is 0 Å². The average Bonchev–Trinajstić information content (AvgIpc) is 2.30. The van der Waals surface area contributed by atoms with Gasteiger partial charge in [-0.05, 0) is 30.0 Å². The molecule has 1 aliphatic heterocycles. The van der Waals surface area contributed by atoms with Crippen LogP contribution in [0.5, 0.6) is 0 Å². The summed E-state index contributed by atoms with van der Waals surface area (Å²) in [6, 6.07) is 6.78. The molecule has 0 aromatic heterocycles. The molecule has 2 unspecified atom stereocenters. The predicted molar refractivity (Wildman–Crippen MR) is 62.2 cm³/mol. The number of piperidine rings is 1. The minimum atomic E-state index is -0.174. The second-order valence-electron chi connectivity index (χ2n) is 3.90. The number of hydrogen-bond acceptors (Lipinski definition) is 3. The molecule has 1 heterocycles. The van der Waals surface area contributed by atoms with Gasteiger partial charge in [-0.2, -0.15) is 0 Å². The van der Waals surface area contributed by atoms with Crippen molar-refractivity contribution in [1.82, 2.24) is 5.32 Å². The second kappa shape index (κ2) is 4.96. The molecule has 1 aromatic carbocycles. The van der Waals surface area contributed by atoms with E-state index >= 15 is 0 Å². The summed E-state index contributed by atoms with van der Waals surface area (Å²) in [5.74, 6) is 0.285. The van der Waals surface area contributed by atoms with E-state index in [-0.39, 0.29) is 5.82 Å². The van der Waals surface area contributed by atoms with E-state index in [1.807, 2.05) is 12.1 Å². The minimum Gasteiger partial charge on any atom is -0.315 e. The minimum absolute atomic E-state index is 0.174. The van der Waals surface area contributed by atoms with Gasteiger partial charge in [-0.15, -0.1) is 0 Å². The molecular weight excluding hydrogens is 211 g/mol. The maximum absolute atomic E-state index is 12.8.